The number of amides is 1. The van der Waals surface area contributed by atoms with Gasteiger partial charge >= 0.3 is 5.97 Å². The summed E-state index contributed by atoms with van der Waals surface area (Å²) in [4.78, 5) is 24.7. The number of benzene rings is 1. The standard InChI is InChI=1S/C16H23NO3S/c1-3-4-11-21-12-15(18)17(10-9-16(19)20)14-7-5-13(2)6-8-14/h5-8H,3-4,9-12H2,1-2H3,(H,19,20). The number of rotatable bonds is 9. The molecule has 0 aliphatic carbocycles. The number of anilines is 1. The Morgan fingerprint density at radius 2 is 1.90 bits per heavy atom. The maximum atomic E-state index is 12.3. The Balaban J connectivity index is 2.69. The summed E-state index contributed by atoms with van der Waals surface area (Å²) in [7, 11) is 0. The predicted molar refractivity (Wildman–Crippen MR) is 88.0 cm³/mol. The zero-order valence-corrected chi connectivity index (χ0v) is 13.5. The van der Waals surface area contributed by atoms with Crippen LogP contribution in [0, 0.1) is 6.92 Å². The minimum absolute atomic E-state index is 0.0267. The van der Waals surface area contributed by atoms with Gasteiger partial charge in [0.05, 0.1) is 12.2 Å². The highest BCUT2D eigenvalue weighted by molar-refractivity contribution is 7.99. The van der Waals surface area contributed by atoms with E-state index in [1.54, 1.807) is 16.7 Å². The van der Waals surface area contributed by atoms with Crippen LogP contribution in [0.1, 0.15) is 31.7 Å². The van der Waals surface area contributed by atoms with Gasteiger partial charge in [0.2, 0.25) is 5.91 Å². The fourth-order valence-corrected chi connectivity index (χ4v) is 2.78. The first kappa shape index (κ1) is 17.6. The molecule has 0 aliphatic rings. The van der Waals surface area contributed by atoms with E-state index in [-0.39, 0.29) is 18.9 Å². The van der Waals surface area contributed by atoms with Gasteiger partial charge in [0.1, 0.15) is 0 Å². The van der Waals surface area contributed by atoms with E-state index in [0.29, 0.717) is 5.75 Å². The van der Waals surface area contributed by atoms with Gasteiger partial charge < -0.3 is 10.0 Å². The molecular formula is C16H23NO3S. The molecule has 0 unspecified atom stereocenters. The van der Waals surface area contributed by atoms with Crippen LogP contribution in [0.2, 0.25) is 0 Å². The van der Waals surface area contributed by atoms with Crippen LogP contribution in [-0.2, 0) is 9.59 Å². The lowest BCUT2D eigenvalue weighted by Gasteiger charge is -2.22. The highest BCUT2D eigenvalue weighted by Crippen LogP contribution is 2.17. The minimum Gasteiger partial charge on any atom is -0.481 e. The van der Waals surface area contributed by atoms with Crippen LogP contribution >= 0.6 is 11.8 Å². The molecule has 0 saturated carbocycles. The molecule has 0 heterocycles. The zero-order valence-electron chi connectivity index (χ0n) is 12.7. The number of carbonyl (C=O) groups excluding carboxylic acids is 1. The van der Waals surface area contributed by atoms with Gasteiger partial charge in [-0.25, -0.2) is 0 Å². The van der Waals surface area contributed by atoms with E-state index < -0.39 is 5.97 Å². The van der Waals surface area contributed by atoms with Crippen LogP contribution < -0.4 is 4.90 Å². The second kappa shape index (κ2) is 9.45. The molecule has 116 valence electrons. The van der Waals surface area contributed by atoms with Crippen molar-refractivity contribution < 1.29 is 14.7 Å². The molecule has 21 heavy (non-hydrogen) atoms. The number of carbonyl (C=O) groups is 2. The monoisotopic (exact) mass is 309 g/mol. The summed E-state index contributed by atoms with van der Waals surface area (Å²) >= 11 is 1.61. The largest absolute Gasteiger partial charge is 0.481 e. The summed E-state index contributed by atoms with van der Waals surface area (Å²) in [5, 5.41) is 8.84. The van der Waals surface area contributed by atoms with Crippen LogP contribution in [0.3, 0.4) is 0 Å². The fourth-order valence-electron chi connectivity index (χ4n) is 1.81. The van der Waals surface area contributed by atoms with Crippen LogP contribution in [0.5, 0.6) is 0 Å². The molecular weight excluding hydrogens is 286 g/mol. The number of nitrogens with zero attached hydrogens (tertiary/aromatic N) is 1. The summed E-state index contributed by atoms with van der Waals surface area (Å²) in [5.41, 5.74) is 1.88. The fraction of sp³-hybridized carbons (Fsp3) is 0.500. The second-order valence-electron chi connectivity index (χ2n) is 4.93. The highest BCUT2D eigenvalue weighted by atomic mass is 32.2. The van der Waals surface area contributed by atoms with Gasteiger partial charge in [0.15, 0.2) is 0 Å². The Hall–Kier alpha value is -1.49. The van der Waals surface area contributed by atoms with E-state index in [9.17, 15) is 9.59 Å². The zero-order chi connectivity index (χ0) is 15.7. The molecule has 0 spiro atoms. The third-order valence-electron chi connectivity index (χ3n) is 3.06. The predicted octanol–water partition coefficient (Wildman–Crippen LogP) is 3.34. The molecule has 0 bridgehead atoms. The van der Waals surface area contributed by atoms with Gasteiger partial charge in [0, 0.05) is 12.2 Å². The maximum Gasteiger partial charge on any atom is 0.305 e. The molecule has 4 nitrogen and oxygen atoms in total. The first-order chi connectivity index (χ1) is 10.0. The third-order valence-corrected chi connectivity index (χ3v) is 4.09. The molecule has 0 aromatic heterocycles. The number of aryl methyl sites for hydroxylation is 1. The average molecular weight is 309 g/mol. The molecule has 1 aromatic carbocycles. The van der Waals surface area contributed by atoms with Gasteiger partial charge in [-0.2, -0.15) is 11.8 Å². The van der Waals surface area contributed by atoms with Crippen LogP contribution in [0.15, 0.2) is 24.3 Å². The van der Waals surface area contributed by atoms with E-state index in [1.807, 2.05) is 31.2 Å². The lowest BCUT2D eigenvalue weighted by atomic mass is 10.2. The number of aliphatic carboxylic acids is 1. The van der Waals surface area contributed by atoms with Crippen molar-refractivity contribution in [3.8, 4) is 0 Å². The molecule has 0 atom stereocenters. The summed E-state index contributed by atoms with van der Waals surface area (Å²) in [6.45, 7) is 4.31. The molecule has 1 N–H and O–H groups in total. The van der Waals surface area contributed by atoms with Crippen molar-refractivity contribution in [3.05, 3.63) is 29.8 Å². The van der Waals surface area contributed by atoms with Gasteiger partial charge in [-0.3, -0.25) is 9.59 Å². The smallest absolute Gasteiger partial charge is 0.305 e. The van der Waals surface area contributed by atoms with Crippen molar-refractivity contribution in [3.63, 3.8) is 0 Å². The van der Waals surface area contributed by atoms with Gasteiger partial charge in [-0.05, 0) is 31.2 Å². The van der Waals surface area contributed by atoms with E-state index in [4.69, 9.17) is 5.11 Å². The second-order valence-corrected chi connectivity index (χ2v) is 6.04. The molecule has 1 rings (SSSR count). The number of hydrogen-bond acceptors (Lipinski definition) is 3. The van der Waals surface area contributed by atoms with Crippen LogP contribution in [-0.4, -0.2) is 35.0 Å². The first-order valence-electron chi connectivity index (χ1n) is 7.21. The molecule has 5 heteroatoms. The molecule has 1 amide bonds. The Kier molecular flexibility index (Phi) is 7.90. The van der Waals surface area contributed by atoms with Crippen molar-refractivity contribution in [2.24, 2.45) is 0 Å². The molecule has 0 saturated heterocycles. The summed E-state index contributed by atoms with van der Waals surface area (Å²) < 4.78 is 0. The molecule has 0 radical (unpaired) electrons. The Morgan fingerprint density at radius 3 is 2.48 bits per heavy atom. The van der Waals surface area contributed by atoms with Crippen LogP contribution in [0.25, 0.3) is 0 Å². The minimum atomic E-state index is -0.890. The number of thioether (sulfide) groups is 1. The van der Waals surface area contributed by atoms with Crippen molar-refractivity contribution in [1.29, 1.82) is 0 Å². The highest BCUT2D eigenvalue weighted by Gasteiger charge is 2.16. The summed E-state index contributed by atoms with van der Waals surface area (Å²) in [5.74, 6) is 0.441. The van der Waals surface area contributed by atoms with Crippen LogP contribution in [0.4, 0.5) is 5.69 Å². The lowest BCUT2D eigenvalue weighted by Crippen LogP contribution is -2.34. The van der Waals surface area contributed by atoms with E-state index in [0.717, 1.165) is 29.8 Å². The Morgan fingerprint density at radius 1 is 1.24 bits per heavy atom. The quantitative estimate of drug-likeness (QED) is 0.711. The van der Waals surface area contributed by atoms with E-state index in [1.165, 1.54) is 0 Å². The third kappa shape index (κ3) is 6.67. The molecule has 1 aromatic rings. The van der Waals surface area contributed by atoms with Crippen molar-refractivity contribution >= 4 is 29.3 Å². The molecule has 0 fully saturated rings. The number of unbranched alkanes of at least 4 members (excludes halogenated alkanes) is 1. The summed E-state index contributed by atoms with van der Waals surface area (Å²) in [6.07, 6.45) is 2.17. The Bertz CT molecular complexity index is 459. The van der Waals surface area contributed by atoms with E-state index >= 15 is 0 Å². The lowest BCUT2D eigenvalue weighted by molar-refractivity contribution is -0.136. The number of carboxylic acids is 1. The Labute approximate surface area is 130 Å². The number of hydrogen-bond donors (Lipinski definition) is 1. The average Bonchev–Trinajstić information content (AvgIpc) is 2.45. The number of carboxylic acid groups (broad SMARTS) is 1. The topological polar surface area (TPSA) is 57.6 Å². The first-order valence-corrected chi connectivity index (χ1v) is 8.36. The van der Waals surface area contributed by atoms with Gasteiger partial charge in [-0.1, -0.05) is 31.0 Å². The maximum absolute atomic E-state index is 12.3. The summed E-state index contributed by atoms with van der Waals surface area (Å²) in [6, 6.07) is 7.60. The van der Waals surface area contributed by atoms with E-state index in [2.05, 4.69) is 6.92 Å². The normalized spacial score (nSPS) is 10.4. The van der Waals surface area contributed by atoms with Gasteiger partial charge in [-0.15, -0.1) is 0 Å². The SMILES string of the molecule is CCCCSCC(=O)N(CCC(=O)O)c1ccc(C)cc1. The van der Waals surface area contributed by atoms with Crippen molar-refractivity contribution in [2.45, 2.75) is 33.1 Å². The van der Waals surface area contributed by atoms with Gasteiger partial charge in [0.25, 0.3) is 0 Å². The van der Waals surface area contributed by atoms with Crippen molar-refractivity contribution in [1.82, 2.24) is 0 Å². The van der Waals surface area contributed by atoms with Crippen molar-refractivity contribution in [2.75, 3.05) is 23.0 Å². The molecule has 0 aliphatic heterocycles.